The summed E-state index contributed by atoms with van der Waals surface area (Å²) in [6.07, 6.45) is 4.45. The van der Waals surface area contributed by atoms with Gasteiger partial charge in [-0.1, -0.05) is 31.5 Å². The van der Waals surface area contributed by atoms with Crippen LogP contribution in [-0.2, 0) is 6.54 Å². The van der Waals surface area contributed by atoms with Gasteiger partial charge in [-0.05, 0) is 6.07 Å². The Morgan fingerprint density at radius 3 is 2.76 bits per heavy atom. The molecule has 0 atom stereocenters. The van der Waals surface area contributed by atoms with Crippen LogP contribution in [0.1, 0.15) is 19.8 Å². The van der Waals surface area contributed by atoms with Gasteiger partial charge in [0.2, 0.25) is 5.52 Å². The lowest BCUT2D eigenvalue weighted by Crippen LogP contribution is -2.35. The summed E-state index contributed by atoms with van der Waals surface area (Å²) in [6.45, 7) is 3.18. The second kappa shape index (κ2) is 4.55. The highest BCUT2D eigenvalue weighted by atomic mass is 16.1. The number of aryl methyl sites for hydroxylation is 1. The first-order chi connectivity index (χ1) is 10.3. The summed E-state index contributed by atoms with van der Waals surface area (Å²) < 4.78 is 4.10. The summed E-state index contributed by atoms with van der Waals surface area (Å²) in [7, 11) is 0. The molecule has 0 fully saturated rings. The molecule has 0 aliphatic heterocycles. The molecular weight excluding hydrogens is 260 g/mol. The van der Waals surface area contributed by atoms with Crippen LogP contribution in [0.15, 0.2) is 53.5 Å². The summed E-state index contributed by atoms with van der Waals surface area (Å²) in [4.78, 5) is 12.3. The number of pyridine rings is 2. The zero-order valence-corrected chi connectivity index (χ0v) is 12.0. The van der Waals surface area contributed by atoms with Crippen LogP contribution in [-0.4, -0.2) is 4.40 Å². The van der Waals surface area contributed by atoms with Crippen molar-refractivity contribution in [2.75, 3.05) is 0 Å². The summed E-state index contributed by atoms with van der Waals surface area (Å²) >= 11 is 0. The molecule has 0 aliphatic rings. The largest absolute Gasteiger partial charge is 0.270 e. The van der Waals surface area contributed by atoms with E-state index >= 15 is 0 Å². The van der Waals surface area contributed by atoms with Crippen LogP contribution in [0, 0.1) is 0 Å². The smallest absolute Gasteiger partial charge is 0.256 e. The van der Waals surface area contributed by atoms with Crippen molar-refractivity contribution in [2.24, 2.45) is 0 Å². The fraction of sp³-hybridized carbons (Fsp3) is 0.222. The molecule has 3 heterocycles. The van der Waals surface area contributed by atoms with Crippen molar-refractivity contribution in [3.05, 3.63) is 59.0 Å². The van der Waals surface area contributed by atoms with Crippen LogP contribution in [0.2, 0.25) is 0 Å². The average Bonchev–Trinajstić information content (AvgIpc) is 2.86. The normalized spacial score (nSPS) is 11.9. The minimum Gasteiger partial charge on any atom is -0.270 e. The molecular formula is C18H17N2O+. The molecule has 0 N–H and O–H groups in total. The molecule has 1 aromatic carbocycles. The van der Waals surface area contributed by atoms with E-state index in [0.717, 1.165) is 46.7 Å². The third-order valence-corrected chi connectivity index (χ3v) is 4.24. The van der Waals surface area contributed by atoms with E-state index in [9.17, 15) is 4.79 Å². The molecule has 0 saturated carbocycles. The van der Waals surface area contributed by atoms with Crippen molar-refractivity contribution in [1.82, 2.24) is 4.40 Å². The number of para-hydroxylation sites is 1. The second-order valence-corrected chi connectivity index (χ2v) is 5.53. The van der Waals surface area contributed by atoms with Gasteiger partial charge in [-0.2, -0.15) is 4.57 Å². The topological polar surface area (TPSA) is 25.4 Å². The summed E-state index contributed by atoms with van der Waals surface area (Å²) in [5.41, 5.74) is 3.22. The fourth-order valence-electron chi connectivity index (χ4n) is 3.22. The van der Waals surface area contributed by atoms with Crippen LogP contribution < -0.4 is 10.1 Å². The van der Waals surface area contributed by atoms with Crippen LogP contribution in [0.3, 0.4) is 0 Å². The van der Waals surface area contributed by atoms with Crippen LogP contribution >= 0.6 is 0 Å². The van der Waals surface area contributed by atoms with Gasteiger partial charge in [0.05, 0.1) is 5.52 Å². The van der Waals surface area contributed by atoms with Gasteiger partial charge in [0.15, 0.2) is 6.20 Å². The van der Waals surface area contributed by atoms with Gasteiger partial charge in [-0.3, -0.25) is 9.20 Å². The molecule has 0 bridgehead atoms. The standard InChI is InChI=1S/C18H17N2O/c1-2-3-11-19-12-10-14-13-6-4-5-7-15(13)20-17(21)9-8-16(19)18(14)20/h4-10,12H,2-3,11H2,1H3/q+1. The Kier molecular flexibility index (Phi) is 2.67. The van der Waals surface area contributed by atoms with E-state index in [1.54, 1.807) is 6.07 Å². The Bertz CT molecular complexity index is 1000. The van der Waals surface area contributed by atoms with Crippen molar-refractivity contribution in [3.8, 4) is 0 Å². The zero-order valence-electron chi connectivity index (χ0n) is 12.0. The number of hydrogen-bond donors (Lipinski definition) is 0. The van der Waals surface area contributed by atoms with Gasteiger partial charge in [0.25, 0.3) is 5.56 Å². The summed E-state index contributed by atoms with van der Waals surface area (Å²) in [5.74, 6) is 0. The minimum absolute atomic E-state index is 0.0435. The number of fused-ring (bicyclic) bond motifs is 3. The molecule has 3 heteroatoms. The maximum absolute atomic E-state index is 12.3. The Balaban J connectivity index is 2.21. The maximum atomic E-state index is 12.3. The van der Waals surface area contributed by atoms with Gasteiger partial charge >= 0.3 is 0 Å². The average molecular weight is 277 g/mol. The lowest BCUT2D eigenvalue weighted by Gasteiger charge is -2.01. The van der Waals surface area contributed by atoms with Crippen molar-refractivity contribution in [3.63, 3.8) is 0 Å². The molecule has 21 heavy (non-hydrogen) atoms. The van der Waals surface area contributed by atoms with E-state index in [0.29, 0.717) is 0 Å². The molecule has 0 unspecified atom stereocenters. The van der Waals surface area contributed by atoms with Crippen molar-refractivity contribution in [1.29, 1.82) is 0 Å². The van der Waals surface area contributed by atoms with E-state index in [1.165, 1.54) is 0 Å². The first kappa shape index (κ1) is 12.3. The molecule has 0 spiro atoms. The number of aromatic nitrogens is 2. The van der Waals surface area contributed by atoms with E-state index < -0.39 is 0 Å². The van der Waals surface area contributed by atoms with Gasteiger partial charge in [-0.15, -0.1) is 0 Å². The predicted molar refractivity (Wildman–Crippen MR) is 85.0 cm³/mol. The lowest BCUT2D eigenvalue weighted by molar-refractivity contribution is -0.671. The first-order valence-corrected chi connectivity index (χ1v) is 7.49. The second-order valence-electron chi connectivity index (χ2n) is 5.53. The van der Waals surface area contributed by atoms with Crippen LogP contribution in [0.4, 0.5) is 0 Å². The predicted octanol–water partition coefficient (Wildman–Crippen LogP) is 3.13. The van der Waals surface area contributed by atoms with Crippen LogP contribution in [0.25, 0.3) is 27.3 Å². The lowest BCUT2D eigenvalue weighted by atomic mass is 10.1. The Morgan fingerprint density at radius 1 is 1.05 bits per heavy atom. The highest BCUT2D eigenvalue weighted by Gasteiger charge is 2.18. The number of benzene rings is 1. The highest BCUT2D eigenvalue weighted by molar-refractivity contribution is 6.11. The van der Waals surface area contributed by atoms with Crippen molar-refractivity contribution >= 4 is 27.3 Å². The molecule has 4 rings (SSSR count). The van der Waals surface area contributed by atoms with E-state index in [2.05, 4.69) is 29.8 Å². The minimum atomic E-state index is 0.0435. The molecule has 0 aliphatic carbocycles. The Morgan fingerprint density at radius 2 is 1.90 bits per heavy atom. The summed E-state index contributed by atoms with van der Waals surface area (Å²) in [6, 6.07) is 13.9. The molecule has 104 valence electrons. The number of rotatable bonds is 3. The van der Waals surface area contributed by atoms with Gasteiger partial charge in [0.1, 0.15) is 12.1 Å². The van der Waals surface area contributed by atoms with Crippen molar-refractivity contribution < 1.29 is 4.57 Å². The fourth-order valence-corrected chi connectivity index (χ4v) is 3.22. The Hall–Kier alpha value is -2.42. The van der Waals surface area contributed by atoms with Gasteiger partial charge in [0, 0.05) is 35.4 Å². The first-order valence-electron chi connectivity index (χ1n) is 7.49. The third-order valence-electron chi connectivity index (χ3n) is 4.24. The SMILES string of the molecule is CCCC[n+]1ccc2c3ccccc3n3c(=O)ccc1c23. The summed E-state index contributed by atoms with van der Waals surface area (Å²) in [5, 5.41) is 2.31. The van der Waals surface area contributed by atoms with Gasteiger partial charge in [-0.25, -0.2) is 0 Å². The zero-order chi connectivity index (χ0) is 14.4. The number of unbranched alkanes of at least 4 members (excludes halogenated alkanes) is 1. The van der Waals surface area contributed by atoms with Gasteiger partial charge < -0.3 is 0 Å². The molecule has 0 amide bonds. The van der Waals surface area contributed by atoms with E-state index in [4.69, 9.17) is 0 Å². The monoisotopic (exact) mass is 277 g/mol. The quantitative estimate of drug-likeness (QED) is 0.528. The molecule has 4 aromatic rings. The maximum Gasteiger partial charge on any atom is 0.256 e. The number of hydrogen-bond acceptors (Lipinski definition) is 1. The molecule has 3 nitrogen and oxygen atoms in total. The number of nitrogens with zero attached hydrogens (tertiary/aromatic N) is 2. The molecule has 3 aromatic heterocycles. The Labute approximate surface area is 122 Å². The highest BCUT2D eigenvalue weighted by Crippen LogP contribution is 2.28. The van der Waals surface area contributed by atoms with Crippen molar-refractivity contribution in [2.45, 2.75) is 26.3 Å². The van der Waals surface area contributed by atoms with E-state index in [-0.39, 0.29) is 5.56 Å². The van der Waals surface area contributed by atoms with Crippen LogP contribution in [0.5, 0.6) is 0 Å². The molecule has 0 radical (unpaired) electrons. The third kappa shape index (κ3) is 1.67. The molecule has 0 saturated heterocycles. The van der Waals surface area contributed by atoms with E-state index in [1.807, 2.05) is 28.7 Å².